The Kier molecular flexibility index (Phi) is 3.87. The lowest BCUT2D eigenvalue weighted by Gasteiger charge is -2.20. The highest BCUT2D eigenvalue weighted by molar-refractivity contribution is 9.10. The van der Waals surface area contributed by atoms with Gasteiger partial charge in [-0.2, -0.15) is 0 Å². The lowest BCUT2D eigenvalue weighted by molar-refractivity contribution is 0.426. The summed E-state index contributed by atoms with van der Waals surface area (Å²) in [6, 6.07) is 6.55. The summed E-state index contributed by atoms with van der Waals surface area (Å²) >= 11 is 3.35. The zero-order valence-electron chi connectivity index (χ0n) is 9.54. The Morgan fingerprint density at radius 3 is 2.69 bits per heavy atom. The first kappa shape index (κ1) is 11.9. The molecule has 88 valence electrons. The molecule has 1 fully saturated rings. The van der Waals surface area contributed by atoms with Crippen molar-refractivity contribution in [3.8, 4) is 5.75 Å². The molecule has 0 amide bonds. The molecule has 0 aliphatic heterocycles. The van der Waals surface area contributed by atoms with Crippen LogP contribution in [0, 0.1) is 0 Å². The largest absolute Gasteiger partial charge is 0.508 e. The van der Waals surface area contributed by atoms with Gasteiger partial charge in [-0.15, -0.1) is 0 Å². The van der Waals surface area contributed by atoms with E-state index in [-0.39, 0.29) is 6.04 Å². The molecule has 2 rings (SSSR count). The first-order valence-electron chi connectivity index (χ1n) is 5.91. The van der Waals surface area contributed by atoms with Gasteiger partial charge in [-0.3, -0.25) is 0 Å². The minimum atomic E-state index is 0.219. The van der Waals surface area contributed by atoms with Gasteiger partial charge in [-0.25, -0.2) is 0 Å². The normalized spacial score (nSPS) is 18.9. The average Bonchev–Trinajstić information content (AvgIpc) is 2.70. The van der Waals surface area contributed by atoms with Crippen molar-refractivity contribution in [3.05, 3.63) is 28.2 Å². The number of phenolic OH excluding ortho intramolecular Hbond substituents is 1. The molecule has 0 saturated heterocycles. The summed E-state index contributed by atoms with van der Waals surface area (Å²) in [5.74, 6) is 0.368. The molecule has 0 radical (unpaired) electrons. The third-order valence-electron chi connectivity index (χ3n) is 3.30. The van der Waals surface area contributed by atoms with E-state index < -0.39 is 0 Å². The van der Waals surface area contributed by atoms with Crippen LogP contribution in [0.15, 0.2) is 22.7 Å². The molecule has 0 bridgehead atoms. The Labute approximate surface area is 105 Å². The molecule has 1 aromatic rings. The lowest BCUT2D eigenvalue weighted by atomic mass is 10.1. The monoisotopic (exact) mass is 283 g/mol. The molecule has 1 aliphatic rings. The van der Waals surface area contributed by atoms with Crippen LogP contribution in [0.4, 0.5) is 0 Å². The first-order valence-corrected chi connectivity index (χ1v) is 6.70. The van der Waals surface area contributed by atoms with Crippen LogP contribution in [0.3, 0.4) is 0 Å². The van der Waals surface area contributed by atoms with E-state index in [0.717, 1.165) is 10.0 Å². The van der Waals surface area contributed by atoms with Crippen molar-refractivity contribution < 1.29 is 5.11 Å². The molecule has 1 aromatic carbocycles. The van der Waals surface area contributed by atoms with Gasteiger partial charge in [0, 0.05) is 22.1 Å². The Morgan fingerprint density at radius 1 is 1.38 bits per heavy atom. The van der Waals surface area contributed by atoms with Crippen molar-refractivity contribution in [1.29, 1.82) is 0 Å². The van der Waals surface area contributed by atoms with Crippen molar-refractivity contribution in [2.45, 2.75) is 44.7 Å². The van der Waals surface area contributed by atoms with Crippen molar-refractivity contribution in [3.63, 3.8) is 0 Å². The highest BCUT2D eigenvalue weighted by atomic mass is 79.9. The number of halogens is 1. The average molecular weight is 284 g/mol. The summed E-state index contributed by atoms with van der Waals surface area (Å²) in [5, 5.41) is 13.4. The lowest BCUT2D eigenvalue weighted by Crippen LogP contribution is -2.28. The second kappa shape index (κ2) is 5.19. The second-order valence-corrected chi connectivity index (χ2v) is 5.49. The second-order valence-electron chi connectivity index (χ2n) is 4.57. The van der Waals surface area contributed by atoms with Gasteiger partial charge in [0.25, 0.3) is 0 Å². The van der Waals surface area contributed by atoms with Gasteiger partial charge in [0.1, 0.15) is 5.75 Å². The van der Waals surface area contributed by atoms with Gasteiger partial charge in [0.05, 0.1) is 0 Å². The van der Waals surface area contributed by atoms with E-state index in [4.69, 9.17) is 0 Å². The van der Waals surface area contributed by atoms with Gasteiger partial charge in [-0.05, 0) is 31.9 Å². The maximum absolute atomic E-state index is 9.87. The number of rotatable bonds is 3. The molecule has 1 aliphatic carbocycles. The fraction of sp³-hybridized carbons (Fsp3) is 0.538. The third-order valence-corrected chi connectivity index (χ3v) is 3.79. The van der Waals surface area contributed by atoms with Crippen molar-refractivity contribution in [2.24, 2.45) is 0 Å². The van der Waals surface area contributed by atoms with Crippen LogP contribution in [0.2, 0.25) is 0 Å². The zero-order chi connectivity index (χ0) is 11.5. The predicted molar refractivity (Wildman–Crippen MR) is 69.6 cm³/mol. The van der Waals surface area contributed by atoms with Gasteiger partial charge in [0.2, 0.25) is 0 Å². The zero-order valence-corrected chi connectivity index (χ0v) is 11.1. The van der Waals surface area contributed by atoms with E-state index in [1.807, 2.05) is 12.1 Å². The van der Waals surface area contributed by atoms with Crippen LogP contribution in [0.1, 0.15) is 44.2 Å². The van der Waals surface area contributed by atoms with E-state index in [1.165, 1.54) is 25.7 Å². The number of hydrogen-bond donors (Lipinski definition) is 2. The summed E-state index contributed by atoms with van der Waals surface area (Å²) in [4.78, 5) is 0. The van der Waals surface area contributed by atoms with Crippen molar-refractivity contribution >= 4 is 15.9 Å². The summed E-state index contributed by atoms with van der Waals surface area (Å²) < 4.78 is 0.918. The highest BCUT2D eigenvalue weighted by Crippen LogP contribution is 2.29. The topological polar surface area (TPSA) is 32.3 Å². The molecule has 1 atom stereocenters. The van der Waals surface area contributed by atoms with E-state index >= 15 is 0 Å². The Hall–Kier alpha value is -0.540. The Morgan fingerprint density at radius 2 is 2.06 bits per heavy atom. The minimum absolute atomic E-state index is 0.219. The van der Waals surface area contributed by atoms with Crippen LogP contribution in [0.5, 0.6) is 5.75 Å². The maximum Gasteiger partial charge on any atom is 0.121 e. The summed E-state index contributed by atoms with van der Waals surface area (Å²) in [5.41, 5.74) is 0.982. The molecule has 2 nitrogen and oxygen atoms in total. The molecule has 1 saturated carbocycles. The molecular formula is C13H18BrNO. The number of benzene rings is 1. The van der Waals surface area contributed by atoms with E-state index in [0.29, 0.717) is 11.8 Å². The fourth-order valence-electron chi connectivity index (χ4n) is 2.42. The van der Waals surface area contributed by atoms with E-state index in [1.54, 1.807) is 6.07 Å². The van der Waals surface area contributed by atoms with Gasteiger partial charge in [-0.1, -0.05) is 34.8 Å². The molecule has 2 N–H and O–H groups in total. The Balaban J connectivity index is 2.04. The minimum Gasteiger partial charge on any atom is -0.508 e. The van der Waals surface area contributed by atoms with E-state index in [9.17, 15) is 5.11 Å². The molecule has 3 heteroatoms. The van der Waals surface area contributed by atoms with E-state index in [2.05, 4.69) is 28.2 Å². The number of hydrogen-bond acceptors (Lipinski definition) is 2. The van der Waals surface area contributed by atoms with Crippen molar-refractivity contribution in [2.75, 3.05) is 0 Å². The molecular weight excluding hydrogens is 266 g/mol. The van der Waals surface area contributed by atoms with Crippen LogP contribution >= 0.6 is 15.9 Å². The number of nitrogens with one attached hydrogen (secondary N) is 1. The quantitative estimate of drug-likeness (QED) is 0.886. The van der Waals surface area contributed by atoms with Gasteiger partial charge < -0.3 is 10.4 Å². The predicted octanol–water partition coefficient (Wildman–Crippen LogP) is 3.75. The van der Waals surface area contributed by atoms with Crippen LogP contribution in [0.25, 0.3) is 0 Å². The van der Waals surface area contributed by atoms with Crippen LogP contribution < -0.4 is 5.32 Å². The SMILES string of the molecule is CC(NC1CCCC1)c1ccc(Br)cc1O. The van der Waals surface area contributed by atoms with Gasteiger partial charge >= 0.3 is 0 Å². The fourth-order valence-corrected chi connectivity index (χ4v) is 2.77. The molecule has 16 heavy (non-hydrogen) atoms. The maximum atomic E-state index is 9.87. The van der Waals surface area contributed by atoms with Crippen molar-refractivity contribution in [1.82, 2.24) is 5.32 Å². The molecule has 0 aromatic heterocycles. The first-order chi connectivity index (χ1) is 7.66. The summed E-state index contributed by atoms with van der Waals surface area (Å²) in [6.45, 7) is 2.11. The smallest absolute Gasteiger partial charge is 0.121 e. The van der Waals surface area contributed by atoms with Gasteiger partial charge in [0.15, 0.2) is 0 Å². The molecule has 0 spiro atoms. The van der Waals surface area contributed by atoms with Crippen LogP contribution in [-0.2, 0) is 0 Å². The number of aromatic hydroxyl groups is 1. The molecule has 1 unspecified atom stereocenters. The third kappa shape index (κ3) is 2.77. The number of phenols is 1. The summed E-state index contributed by atoms with van der Waals surface area (Å²) in [7, 11) is 0. The highest BCUT2D eigenvalue weighted by Gasteiger charge is 2.19. The van der Waals surface area contributed by atoms with Crippen LogP contribution in [-0.4, -0.2) is 11.1 Å². The molecule has 0 heterocycles. The summed E-state index contributed by atoms with van der Waals surface area (Å²) in [6.07, 6.45) is 5.19. The standard InChI is InChI=1S/C13H18BrNO/c1-9(15-11-4-2-3-5-11)12-7-6-10(14)8-13(12)16/h6-9,11,15-16H,2-5H2,1H3. The Bertz CT molecular complexity index is 361.